The van der Waals surface area contributed by atoms with Crippen molar-refractivity contribution in [1.29, 1.82) is 0 Å². The number of halogens is 1. The molecule has 0 spiro atoms. The van der Waals surface area contributed by atoms with Crippen molar-refractivity contribution in [3.63, 3.8) is 0 Å². The molecule has 4 rings (SSSR count). The van der Waals surface area contributed by atoms with Gasteiger partial charge in [-0.25, -0.2) is 9.97 Å². The summed E-state index contributed by atoms with van der Waals surface area (Å²) in [6.07, 6.45) is 1.51. The van der Waals surface area contributed by atoms with Crippen molar-refractivity contribution < 1.29 is 4.92 Å². The fraction of sp³-hybridized carbons (Fsp3) is 0.143. The molecular weight excluding hydrogens is 452 g/mol. The largest absolute Gasteiger partial charge is 0.338 e. The first kappa shape index (κ1) is 19.5. The minimum absolute atomic E-state index is 0.0110. The molecule has 6 nitrogen and oxygen atoms in total. The summed E-state index contributed by atoms with van der Waals surface area (Å²) >= 11 is 5.07. The van der Waals surface area contributed by atoms with Crippen LogP contribution in [0.3, 0.4) is 0 Å². The molecule has 0 saturated carbocycles. The van der Waals surface area contributed by atoms with E-state index in [1.807, 2.05) is 0 Å². The summed E-state index contributed by atoms with van der Waals surface area (Å²) in [6, 6.07) is 11.0. The average Bonchev–Trinajstić information content (AvgIpc) is 3.02. The molecule has 0 fully saturated rings. The summed E-state index contributed by atoms with van der Waals surface area (Å²) in [5, 5.41) is 15.3. The minimum Gasteiger partial charge on any atom is -0.338 e. The highest BCUT2D eigenvalue weighted by atomic mass is 79.9. The number of non-ortho nitro benzene ring substituents is 1. The molecule has 2 aromatic heterocycles. The van der Waals surface area contributed by atoms with Gasteiger partial charge in [-0.2, -0.15) is 0 Å². The molecule has 2 heterocycles. The first-order chi connectivity index (χ1) is 13.8. The van der Waals surface area contributed by atoms with E-state index >= 15 is 0 Å². The number of benzene rings is 2. The van der Waals surface area contributed by atoms with E-state index in [-0.39, 0.29) is 5.69 Å². The van der Waals surface area contributed by atoms with Crippen LogP contribution in [0.1, 0.15) is 16.0 Å². The molecule has 1 N–H and O–H groups in total. The van der Waals surface area contributed by atoms with Gasteiger partial charge in [-0.3, -0.25) is 10.1 Å². The average molecular weight is 469 g/mol. The third-order valence-electron chi connectivity index (χ3n) is 4.87. The van der Waals surface area contributed by atoms with Crippen LogP contribution in [0.2, 0.25) is 0 Å². The van der Waals surface area contributed by atoms with Gasteiger partial charge in [0.1, 0.15) is 17.0 Å². The quantitative estimate of drug-likeness (QED) is 0.266. The van der Waals surface area contributed by atoms with Crippen molar-refractivity contribution in [2.24, 2.45) is 0 Å². The number of aromatic nitrogens is 2. The second-order valence-corrected chi connectivity index (χ2v) is 8.84. The van der Waals surface area contributed by atoms with E-state index in [0.29, 0.717) is 11.5 Å². The first-order valence-electron chi connectivity index (χ1n) is 8.88. The summed E-state index contributed by atoms with van der Waals surface area (Å²) in [5.74, 6) is 0.619. The van der Waals surface area contributed by atoms with Gasteiger partial charge in [0, 0.05) is 27.0 Å². The van der Waals surface area contributed by atoms with Crippen molar-refractivity contribution >= 4 is 54.7 Å². The van der Waals surface area contributed by atoms with Crippen molar-refractivity contribution in [1.82, 2.24) is 9.97 Å². The van der Waals surface area contributed by atoms with E-state index < -0.39 is 4.92 Å². The molecule has 8 heteroatoms. The Morgan fingerprint density at radius 3 is 2.59 bits per heavy atom. The SMILES string of the molecule is Cc1ccc(-c2c(C)sc3ncnc(Nc4cc([N+](=O)[O-])ccc4Br)c23)cc1C. The van der Waals surface area contributed by atoms with E-state index in [1.165, 1.54) is 29.6 Å². The predicted octanol–water partition coefficient (Wildman–Crippen LogP) is 6.70. The van der Waals surface area contributed by atoms with Crippen LogP contribution in [-0.4, -0.2) is 14.9 Å². The van der Waals surface area contributed by atoms with Crippen LogP contribution in [0.15, 0.2) is 47.2 Å². The summed E-state index contributed by atoms with van der Waals surface area (Å²) in [7, 11) is 0. The monoisotopic (exact) mass is 468 g/mol. The van der Waals surface area contributed by atoms with E-state index in [2.05, 4.69) is 70.2 Å². The number of nitro benzene ring substituents is 1. The van der Waals surface area contributed by atoms with Gasteiger partial charge in [-0.1, -0.05) is 18.2 Å². The Bertz CT molecular complexity index is 1270. The number of hydrogen-bond acceptors (Lipinski definition) is 6. The van der Waals surface area contributed by atoms with E-state index in [9.17, 15) is 10.1 Å². The Kier molecular flexibility index (Phi) is 5.06. The van der Waals surface area contributed by atoms with Gasteiger partial charge in [-0.15, -0.1) is 11.3 Å². The number of anilines is 2. The van der Waals surface area contributed by atoms with Gasteiger partial charge in [0.25, 0.3) is 5.69 Å². The molecular formula is C21H17BrN4O2S. The lowest BCUT2D eigenvalue weighted by Crippen LogP contribution is -1.98. The van der Waals surface area contributed by atoms with Crippen LogP contribution < -0.4 is 5.32 Å². The molecule has 146 valence electrons. The van der Waals surface area contributed by atoms with Crippen LogP contribution in [0, 0.1) is 30.9 Å². The summed E-state index contributed by atoms with van der Waals surface area (Å²) in [5.41, 5.74) is 5.23. The fourth-order valence-corrected chi connectivity index (χ4v) is 4.59. The van der Waals surface area contributed by atoms with E-state index in [0.717, 1.165) is 30.7 Å². The number of rotatable bonds is 4. The summed E-state index contributed by atoms with van der Waals surface area (Å²) < 4.78 is 0.717. The van der Waals surface area contributed by atoms with Crippen LogP contribution in [0.5, 0.6) is 0 Å². The van der Waals surface area contributed by atoms with Crippen LogP contribution in [0.4, 0.5) is 17.2 Å². The number of aryl methyl sites for hydroxylation is 3. The molecule has 0 saturated heterocycles. The number of nitro groups is 1. The smallest absolute Gasteiger partial charge is 0.271 e. The van der Waals surface area contributed by atoms with Crippen molar-refractivity contribution in [2.75, 3.05) is 5.32 Å². The Labute approximate surface area is 179 Å². The van der Waals surface area contributed by atoms with Gasteiger partial charge < -0.3 is 5.32 Å². The lowest BCUT2D eigenvalue weighted by molar-refractivity contribution is -0.384. The first-order valence-corrected chi connectivity index (χ1v) is 10.5. The number of nitrogens with one attached hydrogen (secondary N) is 1. The third-order valence-corrected chi connectivity index (χ3v) is 6.58. The van der Waals surface area contributed by atoms with Crippen molar-refractivity contribution in [3.8, 4) is 11.1 Å². The highest BCUT2D eigenvalue weighted by Crippen LogP contribution is 2.42. The molecule has 0 amide bonds. The molecule has 0 atom stereocenters. The molecule has 0 unspecified atom stereocenters. The lowest BCUT2D eigenvalue weighted by atomic mass is 9.99. The zero-order valence-electron chi connectivity index (χ0n) is 16.0. The second kappa shape index (κ2) is 7.53. The number of hydrogen-bond donors (Lipinski definition) is 1. The third kappa shape index (κ3) is 3.61. The maximum Gasteiger partial charge on any atom is 0.271 e. The Morgan fingerprint density at radius 2 is 1.86 bits per heavy atom. The fourth-order valence-electron chi connectivity index (χ4n) is 3.23. The molecule has 0 radical (unpaired) electrons. The van der Waals surface area contributed by atoms with Crippen LogP contribution in [-0.2, 0) is 0 Å². The summed E-state index contributed by atoms with van der Waals surface area (Å²) in [6.45, 7) is 6.26. The second-order valence-electron chi connectivity index (χ2n) is 6.78. The number of nitrogens with zero attached hydrogens (tertiary/aromatic N) is 3. The Morgan fingerprint density at radius 1 is 1.07 bits per heavy atom. The zero-order valence-corrected chi connectivity index (χ0v) is 18.4. The van der Waals surface area contributed by atoms with Crippen molar-refractivity contribution in [2.45, 2.75) is 20.8 Å². The predicted molar refractivity (Wildman–Crippen MR) is 121 cm³/mol. The van der Waals surface area contributed by atoms with Gasteiger partial charge in [0.2, 0.25) is 0 Å². The Balaban J connectivity index is 1.90. The van der Waals surface area contributed by atoms with Crippen LogP contribution in [0.25, 0.3) is 21.3 Å². The molecule has 0 aliphatic heterocycles. The van der Waals surface area contributed by atoms with E-state index in [4.69, 9.17) is 0 Å². The standard InChI is InChI=1S/C21H17BrN4O2S/c1-11-4-5-14(8-12(11)2)18-13(3)29-21-19(18)20(23-10-24-21)25-17-9-15(26(27)28)6-7-16(17)22/h4-10H,1-3H3,(H,23,24,25). The molecule has 4 aromatic rings. The highest BCUT2D eigenvalue weighted by molar-refractivity contribution is 9.10. The summed E-state index contributed by atoms with van der Waals surface area (Å²) in [4.78, 5) is 21.7. The maximum atomic E-state index is 11.2. The normalized spacial score (nSPS) is 11.0. The maximum absolute atomic E-state index is 11.2. The molecule has 29 heavy (non-hydrogen) atoms. The molecule has 2 aromatic carbocycles. The highest BCUT2D eigenvalue weighted by Gasteiger charge is 2.18. The van der Waals surface area contributed by atoms with Gasteiger partial charge >= 0.3 is 0 Å². The molecule has 0 aliphatic rings. The lowest BCUT2D eigenvalue weighted by Gasteiger charge is -2.11. The number of fused-ring (bicyclic) bond motifs is 1. The molecule has 0 aliphatic carbocycles. The minimum atomic E-state index is -0.414. The van der Waals surface area contributed by atoms with Crippen LogP contribution >= 0.6 is 27.3 Å². The van der Waals surface area contributed by atoms with Gasteiger partial charge in [0.15, 0.2) is 0 Å². The Hall–Kier alpha value is -2.84. The van der Waals surface area contributed by atoms with Gasteiger partial charge in [0.05, 0.1) is 16.0 Å². The van der Waals surface area contributed by atoms with Crippen molar-refractivity contribution in [3.05, 3.63) is 73.3 Å². The van der Waals surface area contributed by atoms with E-state index in [1.54, 1.807) is 17.4 Å². The zero-order chi connectivity index (χ0) is 20.7. The molecule has 0 bridgehead atoms. The van der Waals surface area contributed by atoms with Gasteiger partial charge in [-0.05, 0) is 59.5 Å². The topological polar surface area (TPSA) is 81.0 Å². The number of thiophene rings is 1.